The third-order valence-corrected chi connectivity index (χ3v) is 2.93. The first-order valence-electron chi connectivity index (χ1n) is 4.55. The summed E-state index contributed by atoms with van der Waals surface area (Å²) in [6.07, 6.45) is 0. The van der Waals surface area contributed by atoms with Gasteiger partial charge in [0.05, 0.1) is 0 Å². The van der Waals surface area contributed by atoms with Gasteiger partial charge in [-0.15, -0.1) is 0 Å². The third-order valence-electron chi connectivity index (χ3n) is 1.74. The molecule has 0 saturated heterocycles. The summed E-state index contributed by atoms with van der Waals surface area (Å²) in [5.41, 5.74) is 0.786. The van der Waals surface area contributed by atoms with Crippen molar-refractivity contribution in [1.29, 1.82) is 0 Å². The highest BCUT2D eigenvalue weighted by molar-refractivity contribution is 7.87. The van der Waals surface area contributed by atoms with Gasteiger partial charge in [0.1, 0.15) is 5.75 Å². The van der Waals surface area contributed by atoms with Crippen LogP contribution in [0.3, 0.4) is 0 Å². The van der Waals surface area contributed by atoms with Crippen LogP contribution in [0.25, 0.3) is 0 Å². The Bertz CT molecular complexity index is 400. The first kappa shape index (κ1) is 12.0. The van der Waals surface area contributed by atoms with Crippen LogP contribution in [-0.2, 0) is 16.8 Å². The van der Waals surface area contributed by atoms with Crippen molar-refractivity contribution in [2.24, 2.45) is 0 Å². The van der Waals surface area contributed by atoms with Gasteiger partial charge in [-0.25, -0.2) is 4.72 Å². The van der Waals surface area contributed by atoms with Crippen LogP contribution >= 0.6 is 0 Å². The molecule has 0 radical (unpaired) electrons. The van der Waals surface area contributed by atoms with Gasteiger partial charge in [0.2, 0.25) is 0 Å². The van der Waals surface area contributed by atoms with Gasteiger partial charge in [0.25, 0.3) is 10.2 Å². The number of hydrogen-bond acceptors (Lipinski definition) is 3. The summed E-state index contributed by atoms with van der Waals surface area (Å²) in [6.45, 7) is 2.26. The SMILES string of the molecule is CCNS(=O)(=O)NCc1ccc(O)cc1. The second-order valence-corrected chi connectivity index (χ2v) is 4.57. The average molecular weight is 230 g/mol. The lowest BCUT2D eigenvalue weighted by Crippen LogP contribution is -2.35. The van der Waals surface area contributed by atoms with Crippen molar-refractivity contribution in [3.8, 4) is 5.75 Å². The summed E-state index contributed by atoms with van der Waals surface area (Å²) in [6, 6.07) is 6.33. The standard InChI is InChI=1S/C9H14N2O3S/c1-2-10-15(13,14)11-7-8-3-5-9(12)6-4-8/h3-6,10-12H,2,7H2,1H3. The fourth-order valence-corrected chi connectivity index (χ4v) is 1.87. The minimum atomic E-state index is -3.40. The lowest BCUT2D eigenvalue weighted by atomic mass is 10.2. The Hall–Kier alpha value is -1.11. The van der Waals surface area contributed by atoms with Crippen molar-refractivity contribution >= 4 is 10.2 Å². The number of rotatable bonds is 5. The van der Waals surface area contributed by atoms with Gasteiger partial charge in [-0.3, -0.25) is 0 Å². The van der Waals surface area contributed by atoms with Crippen LogP contribution in [0, 0.1) is 0 Å². The molecule has 0 aliphatic carbocycles. The molecular weight excluding hydrogens is 216 g/mol. The highest BCUT2D eigenvalue weighted by atomic mass is 32.2. The predicted octanol–water partition coefficient (Wildman–Crippen LogP) is 0.336. The first-order chi connectivity index (χ1) is 7.03. The van der Waals surface area contributed by atoms with Gasteiger partial charge >= 0.3 is 0 Å². The molecule has 0 aliphatic heterocycles. The molecule has 1 rings (SSSR count). The zero-order chi connectivity index (χ0) is 11.3. The number of aromatic hydroxyl groups is 1. The van der Waals surface area contributed by atoms with Crippen molar-refractivity contribution in [1.82, 2.24) is 9.44 Å². The highest BCUT2D eigenvalue weighted by Crippen LogP contribution is 2.09. The molecule has 1 aromatic carbocycles. The van der Waals surface area contributed by atoms with Crippen LogP contribution in [0.5, 0.6) is 5.75 Å². The molecular formula is C9H14N2O3S. The molecule has 15 heavy (non-hydrogen) atoms. The molecule has 0 spiro atoms. The summed E-state index contributed by atoms with van der Waals surface area (Å²) in [5, 5.41) is 9.02. The van der Waals surface area contributed by atoms with E-state index in [0.29, 0.717) is 6.54 Å². The first-order valence-corrected chi connectivity index (χ1v) is 6.04. The summed E-state index contributed by atoms with van der Waals surface area (Å²) in [4.78, 5) is 0. The topological polar surface area (TPSA) is 78.4 Å². The van der Waals surface area contributed by atoms with Crippen molar-refractivity contribution in [2.45, 2.75) is 13.5 Å². The van der Waals surface area contributed by atoms with Crippen molar-refractivity contribution in [2.75, 3.05) is 6.54 Å². The molecule has 0 atom stereocenters. The van der Waals surface area contributed by atoms with Crippen molar-refractivity contribution in [3.05, 3.63) is 29.8 Å². The van der Waals surface area contributed by atoms with Crippen LogP contribution in [-0.4, -0.2) is 20.1 Å². The number of phenolic OH excluding ortho intramolecular Hbond substituents is 1. The lowest BCUT2D eigenvalue weighted by Gasteiger charge is -2.06. The van der Waals surface area contributed by atoms with Crippen LogP contribution in [0.1, 0.15) is 12.5 Å². The molecule has 0 heterocycles. The van der Waals surface area contributed by atoms with Crippen molar-refractivity contribution < 1.29 is 13.5 Å². The Labute approximate surface area is 89.3 Å². The number of phenols is 1. The van der Waals surface area contributed by atoms with E-state index in [1.54, 1.807) is 19.1 Å². The van der Waals surface area contributed by atoms with Crippen LogP contribution in [0.2, 0.25) is 0 Å². The van der Waals surface area contributed by atoms with E-state index in [-0.39, 0.29) is 12.3 Å². The minimum Gasteiger partial charge on any atom is -0.508 e. The average Bonchev–Trinajstić information content (AvgIpc) is 2.17. The predicted molar refractivity (Wildman–Crippen MR) is 57.5 cm³/mol. The molecule has 0 aromatic heterocycles. The van der Waals surface area contributed by atoms with Gasteiger partial charge in [-0.05, 0) is 17.7 Å². The van der Waals surface area contributed by atoms with E-state index in [4.69, 9.17) is 5.11 Å². The molecule has 6 heteroatoms. The summed E-state index contributed by atoms with van der Waals surface area (Å²) >= 11 is 0. The van der Waals surface area contributed by atoms with Gasteiger partial charge in [0.15, 0.2) is 0 Å². The summed E-state index contributed by atoms with van der Waals surface area (Å²) < 4.78 is 27.1. The molecule has 0 saturated carbocycles. The molecule has 0 amide bonds. The van der Waals surface area contributed by atoms with Crippen molar-refractivity contribution in [3.63, 3.8) is 0 Å². The zero-order valence-electron chi connectivity index (χ0n) is 8.40. The molecule has 0 unspecified atom stereocenters. The molecule has 0 aliphatic rings. The van der Waals surface area contributed by atoms with Gasteiger partial charge in [-0.2, -0.15) is 13.1 Å². The van der Waals surface area contributed by atoms with E-state index in [1.165, 1.54) is 12.1 Å². The maximum absolute atomic E-state index is 11.2. The van der Waals surface area contributed by atoms with E-state index in [0.717, 1.165) is 5.56 Å². The Morgan fingerprint density at radius 1 is 1.20 bits per heavy atom. The normalized spacial score (nSPS) is 11.5. The molecule has 5 nitrogen and oxygen atoms in total. The number of hydrogen-bond donors (Lipinski definition) is 3. The van der Waals surface area contributed by atoms with E-state index in [1.807, 2.05) is 0 Å². The summed E-state index contributed by atoms with van der Waals surface area (Å²) in [7, 11) is -3.40. The van der Waals surface area contributed by atoms with Gasteiger partial charge in [0, 0.05) is 13.1 Å². The molecule has 0 bridgehead atoms. The van der Waals surface area contributed by atoms with Crippen LogP contribution in [0.4, 0.5) is 0 Å². The fraction of sp³-hybridized carbons (Fsp3) is 0.333. The molecule has 84 valence electrons. The number of benzene rings is 1. The molecule has 1 aromatic rings. The maximum atomic E-state index is 11.2. The van der Waals surface area contributed by atoms with Gasteiger partial charge in [-0.1, -0.05) is 19.1 Å². The van der Waals surface area contributed by atoms with Crippen LogP contribution < -0.4 is 9.44 Å². The van der Waals surface area contributed by atoms with E-state index < -0.39 is 10.2 Å². The quantitative estimate of drug-likeness (QED) is 0.682. The molecule has 3 N–H and O–H groups in total. The van der Waals surface area contributed by atoms with E-state index >= 15 is 0 Å². The minimum absolute atomic E-state index is 0.160. The summed E-state index contributed by atoms with van der Waals surface area (Å²) in [5.74, 6) is 0.160. The maximum Gasteiger partial charge on any atom is 0.277 e. The lowest BCUT2D eigenvalue weighted by molar-refractivity contribution is 0.475. The van der Waals surface area contributed by atoms with E-state index in [9.17, 15) is 8.42 Å². The third kappa shape index (κ3) is 4.28. The zero-order valence-corrected chi connectivity index (χ0v) is 9.21. The van der Waals surface area contributed by atoms with E-state index in [2.05, 4.69) is 9.44 Å². The Balaban J connectivity index is 2.54. The fourth-order valence-electron chi connectivity index (χ4n) is 1.03. The second-order valence-electron chi connectivity index (χ2n) is 2.99. The Morgan fingerprint density at radius 3 is 2.33 bits per heavy atom. The van der Waals surface area contributed by atoms with Gasteiger partial charge < -0.3 is 5.11 Å². The smallest absolute Gasteiger partial charge is 0.277 e. The molecule has 0 fully saturated rings. The highest BCUT2D eigenvalue weighted by Gasteiger charge is 2.06. The van der Waals surface area contributed by atoms with Crippen LogP contribution in [0.15, 0.2) is 24.3 Å². The Morgan fingerprint density at radius 2 is 1.80 bits per heavy atom. The monoisotopic (exact) mass is 230 g/mol. The number of nitrogens with one attached hydrogen (secondary N) is 2. The second kappa shape index (κ2) is 5.11. The Kier molecular flexibility index (Phi) is 4.07. The largest absolute Gasteiger partial charge is 0.508 e.